The second-order valence-corrected chi connectivity index (χ2v) is 9.78. The number of hydrogen-bond acceptors (Lipinski definition) is 4. The Bertz CT molecular complexity index is 1430. The van der Waals surface area contributed by atoms with E-state index >= 15 is 0 Å². The van der Waals surface area contributed by atoms with Crippen LogP contribution in [0.4, 0.5) is 4.39 Å². The summed E-state index contributed by atoms with van der Waals surface area (Å²) < 4.78 is 24.6. The van der Waals surface area contributed by atoms with Gasteiger partial charge in [0.05, 0.1) is 18.8 Å². The molecule has 1 unspecified atom stereocenters. The number of methoxy groups -OCH3 is 1. The second kappa shape index (κ2) is 11.1. The van der Waals surface area contributed by atoms with Gasteiger partial charge in [-0.1, -0.05) is 42.5 Å². The van der Waals surface area contributed by atoms with Gasteiger partial charge in [0.1, 0.15) is 0 Å². The Morgan fingerprint density at radius 2 is 1.59 bits per heavy atom. The summed E-state index contributed by atoms with van der Waals surface area (Å²) in [4.78, 5) is 12.8. The highest BCUT2D eigenvalue weighted by atomic mass is 19.1. The fourth-order valence-corrected chi connectivity index (χ4v) is 4.62. The first-order valence-corrected chi connectivity index (χ1v) is 12.6. The molecule has 2 atom stereocenters. The number of hydrogen-bond donors (Lipinski definition) is 1. The van der Waals surface area contributed by atoms with Gasteiger partial charge in [0.2, 0.25) is 0 Å². The van der Waals surface area contributed by atoms with Crippen molar-refractivity contribution in [3.8, 4) is 16.9 Å². The molecule has 0 bridgehead atoms. The lowest BCUT2D eigenvalue weighted by atomic mass is 9.91. The molecule has 5 heteroatoms. The van der Waals surface area contributed by atoms with Crippen LogP contribution >= 0.6 is 0 Å². The second-order valence-electron chi connectivity index (χ2n) is 9.78. The van der Waals surface area contributed by atoms with Crippen LogP contribution in [0.1, 0.15) is 66.8 Å². The molecule has 4 nitrogen and oxygen atoms in total. The van der Waals surface area contributed by atoms with Crippen LogP contribution in [-0.2, 0) is 4.74 Å². The maximum atomic E-state index is 13.9. The molecule has 4 rings (SSSR count). The number of nitrogens with one attached hydrogen (secondary N) is 1. The summed E-state index contributed by atoms with van der Waals surface area (Å²) in [6.45, 7) is 9.80. The van der Waals surface area contributed by atoms with Crippen LogP contribution in [0, 0.1) is 12.7 Å². The van der Waals surface area contributed by atoms with Gasteiger partial charge in [-0.15, -0.1) is 0 Å². The minimum absolute atomic E-state index is 0.00484. The van der Waals surface area contributed by atoms with Gasteiger partial charge in [-0.05, 0) is 104 Å². The third-order valence-corrected chi connectivity index (χ3v) is 6.67. The van der Waals surface area contributed by atoms with E-state index in [2.05, 4.69) is 49.5 Å². The first kappa shape index (κ1) is 26.4. The summed E-state index contributed by atoms with van der Waals surface area (Å²) in [5, 5.41) is 5.86. The topological polar surface area (TPSA) is 47.6 Å². The molecule has 0 aromatic heterocycles. The first-order chi connectivity index (χ1) is 17.7. The maximum absolute atomic E-state index is 13.9. The average Bonchev–Trinajstić information content (AvgIpc) is 2.88. The standard InChI is InChI=1S/C32H34FNO3/c1-19(2)37-32(35)28-16-25(12-11-20(28)3)29-17-26(15-24-9-7-8-10-27(24)29)22(5)34-21(4)23-13-14-30(33)31(18-23)36-6/h7-19,21-22,34H,1-6H3/t21-,22?/m1/s1. The predicted octanol–water partition coefficient (Wildman–Crippen LogP) is 7.94. The van der Waals surface area contributed by atoms with E-state index in [0.717, 1.165) is 38.6 Å². The number of halogens is 1. The lowest BCUT2D eigenvalue weighted by Gasteiger charge is -2.23. The lowest BCUT2D eigenvalue weighted by Crippen LogP contribution is -2.22. The Morgan fingerprint density at radius 3 is 2.32 bits per heavy atom. The van der Waals surface area contributed by atoms with Crippen molar-refractivity contribution in [1.82, 2.24) is 5.32 Å². The van der Waals surface area contributed by atoms with Crippen LogP contribution in [0.2, 0.25) is 0 Å². The van der Waals surface area contributed by atoms with E-state index in [4.69, 9.17) is 9.47 Å². The molecule has 4 aromatic carbocycles. The van der Waals surface area contributed by atoms with E-state index < -0.39 is 0 Å². The van der Waals surface area contributed by atoms with Crippen LogP contribution < -0.4 is 10.1 Å². The molecule has 0 saturated carbocycles. The highest BCUT2D eigenvalue weighted by Crippen LogP contribution is 2.34. The smallest absolute Gasteiger partial charge is 0.338 e. The van der Waals surface area contributed by atoms with Crippen molar-refractivity contribution in [1.29, 1.82) is 0 Å². The number of benzene rings is 4. The van der Waals surface area contributed by atoms with Crippen molar-refractivity contribution in [2.75, 3.05) is 7.11 Å². The normalized spacial score (nSPS) is 13.0. The van der Waals surface area contributed by atoms with Crippen LogP contribution in [0.5, 0.6) is 5.75 Å². The molecule has 0 spiro atoms. The lowest BCUT2D eigenvalue weighted by molar-refractivity contribution is 0.0377. The molecule has 1 N–H and O–H groups in total. The molecule has 0 amide bonds. The number of fused-ring (bicyclic) bond motifs is 1. The summed E-state index contributed by atoms with van der Waals surface area (Å²) in [5.41, 5.74) is 5.53. The molecule has 0 fully saturated rings. The van der Waals surface area contributed by atoms with Crippen molar-refractivity contribution in [3.05, 3.63) is 101 Å². The van der Waals surface area contributed by atoms with E-state index in [9.17, 15) is 9.18 Å². The Hall–Kier alpha value is -3.70. The molecule has 0 aliphatic heterocycles. The van der Waals surface area contributed by atoms with Crippen LogP contribution in [-0.4, -0.2) is 19.2 Å². The molecule has 4 aromatic rings. The third kappa shape index (κ3) is 5.83. The Labute approximate surface area is 218 Å². The zero-order chi connectivity index (χ0) is 26.7. The average molecular weight is 500 g/mol. The zero-order valence-corrected chi connectivity index (χ0v) is 22.3. The van der Waals surface area contributed by atoms with E-state index in [-0.39, 0.29) is 35.7 Å². The van der Waals surface area contributed by atoms with Gasteiger partial charge < -0.3 is 14.8 Å². The molecule has 0 radical (unpaired) electrons. The fourth-order valence-electron chi connectivity index (χ4n) is 4.62. The third-order valence-electron chi connectivity index (χ3n) is 6.67. The summed E-state index contributed by atoms with van der Waals surface area (Å²) in [7, 11) is 1.47. The van der Waals surface area contributed by atoms with Crippen LogP contribution in [0.25, 0.3) is 21.9 Å². The molecular weight excluding hydrogens is 465 g/mol. The van der Waals surface area contributed by atoms with Gasteiger partial charge in [-0.3, -0.25) is 0 Å². The number of aryl methyl sites for hydroxylation is 1. The van der Waals surface area contributed by atoms with Crippen molar-refractivity contribution in [2.24, 2.45) is 0 Å². The minimum atomic E-state index is -0.375. The molecule has 37 heavy (non-hydrogen) atoms. The monoisotopic (exact) mass is 499 g/mol. The highest BCUT2D eigenvalue weighted by Gasteiger charge is 2.18. The maximum Gasteiger partial charge on any atom is 0.338 e. The van der Waals surface area contributed by atoms with E-state index in [1.807, 2.05) is 45.0 Å². The van der Waals surface area contributed by atoms with Gasteiger partial charge >= 0.3 is 5.97 Å². The number of ether oxygens (including phenoxy) is 2. The van der Waals surface area contributed by atoms with Crippen molar-refractivity contribution in [2.45, 2.75) is 52.8 Å². The molecular formula is C32H34FNO3. The van der Waals surface area contributed by atoms with E-state index in [1.165, 1.54) is 13.2 Å². The van der Waals surface area contributed by atoms with Crippen LogP contribution in [0.15, 0.2) is 72.8 Å². The Balaban J connectivity index is 1.72. The first-order valence-electron chi connectivity index (χ1n) is 12.6. The van der Waals surface area contributed by atoms with E-state index in [0.29, 0.717) is 5.56 Å². The summed E-state index contributed by atoms with van der Waals surface area (Å²) in [5.74, 6) is -0.452. The molecule has 0 saturated heterocycles. The number of carbonyl (C=O) groups is 1. The van der Waals surface area contributed by atoms with Gasteiger partial charge in [0, 0.05) is 12.1 Å². The minimum Gasteiger partial charge on any atom is -0.494 e. The molecule has 0 heterocycles. The Kier molecular flexibility index (Phi) is 7.94. The quantitative estimate of drug-likeness (QED) is 0.250. The predicted molar refractivity (Wildman–Crippen MR) is 148 cm³/mol. The molecule has 192 valence electrons. The van der Waals surface area contributed by atoms with Crippen molar-refractivity contribution in [3.63, 3.8) is 0 Å². The van der Waals surface area contributed by atoms with Gasteiger partial charge in [-0.25, -0.2) is 9.18 Å². The van der Waals surface area contributed by atoms with Gasteiger partial charge in [0.15, 0.2) is 11.6 Å². The largest absolute Gasteiger partial charge is 0.494 e. The van der Waals surface area contributed by atoms with Crippen molar-refractivity contribution < 1.29 is 18.7 Å². The fraction of sp³-hybridized carbons (Fsp3) is 0.281. The summed E-state index contributed by atoms with van der Waals surface area (Å²) in [6, 6.07) is 23.5. The summed E-state index contributed by atoms with van der Waals surface area (Å²) in [6.07, 6.45) is -0.185. The van der Waals surface area contributed by atoms with Crippen LogP contribution in [0.3, 0.4) is 0 Å². The summed E-state index contributed by atoms with van der Waals surface area (Å²) >= 11 is 0. The van der Waals surface area contributed by atoms with Gasteiger partial charge in [-0.2, -0.15) is 0 Å². The number of esters is 1. The zero-order valence-electron chi connectivity index (χ0n) is 22.3. The Morgan fingerprint density at radius 1 is 0.865 bits per heavy atom. The SMILES string of the molecule is COc1cc([C@@H](C)NC(C)c2cc(-c3ccc(C)c(C(=O)OC(C)C)c3)c3ccccc3c2)ccc1F. The molecule has 0 aliphatic carbocycles. The number of rotatable bonds is 8. The highest BCUT2D eigenvalue weighted by molar-refractivity contribution is 5.99. The number of carbonyl (C=O) groups excluding carboxylic acids is 1. The van der Waals surface area contributed by atoms with Gasteiger partial charge in [0.25, 0.3) is 0 Å². The van der Waals surface area contributed by atoms with E-state index in [1.54, 1.807) is 12.1 Å². The van der Waals surface area contributed by atoms with Crippen molar-refractivity contribution >= 4 is 16.7 Å². The molecule has 0 aliphatic rings.